The lowest BCUT2D eigenvalue weighted by molar-refractivity contribution is -0.129. The van der Waals surface area contributed by atoms with Crippen molar-refractivity contribution in [3.05, 3.63) is 35.4 Å². The first-order valence-corrected chi connectivity index (χ1v) is 7.05. The van der Waals surface area contributed by atoms with E-state index in [0.717, 1.165) is 31.7 Å². The number of nitrogens with zero attached hydrogens (tertiary/aromatic N) is 1. The van der Waals surface area contributed by atoms with Crippen molar-refractivity contribution >= 4 is 5.78 Å². The van der Waals surface area contributed by atoms with Crippen LogP contribution < -0.4 is 5.32 Å². The Morgan fingerprint density at radius 3 is 2.37 bits per heavy atom. The first-order chi connectivity index (χ1) is 9.00. The van der Waals surface area contributed by atoms with Gasteiger partial charge in [0.05, 0.1) is 5.54 Å². The van der Waals surface area contributed by atoms with Crippen LogP contribution in [-0.2, 0) is 11.2 Å². The minimum absolute atomic E-state index is 0.304. The van der Waals surface area contributed by atoms with E-state index in [1.54, 1.807) is 0 Å². The van der Waals surface area contributed by atoms with Crippen LogP contribution in [0.1, 0.15) is 25.0 Å². The summed E-state index contributed by atoms with van der Waals surface area (Å²) < 4.78 is 0. The molecule has 0 amide bonds. The van der Waals surface area contributed by atoms with E-state index < -0.39 is 0 Å². The van der Waals surface area contributed by atoms with E-state index in [0.29, 0.717) is 12.2 Å². The van der Waals surface area contributed by atoms with E-state index in [1.807, 2.05) is 0 Å². The quantitative estimate of drug-likeness (QED) is 0.896. The van der Waals surface area contributed by atoms with Crippen LogP contribution in [0, 0.1) is 6.92 Å². The van der Waals surface area contributed by atoms with Crippen LogP contribution in [-0.4, -0.2) is 42.4 Å². The Morgan fingerprint density at radius 2 is 1.79 bits per heavy atom. The second kappa shape index (κ2) is 5.85. The SMILES string of the molecule is Cc1ccc(CC(=O)C(C)(C)N2CCNCC2)cc1. The van der Waals surface area contributed by atoms with Gasteiger partial charge in [-0.15, -0.1) is 0 Å². The lowest BCUT2D eigenvalue weighted by Crippen LogP contribution is -2.57. The van der Waals surface area contributed by atoms with Gasteiger partial charge >= 0.3 is 0 Å². The maximum Gasteiger partial charge on any atom is 0.156 e. The fourth-order valence-electron chi connectivity index (χ4n) is 2.51. The van der Waals surface area contributed by atoms with Crippen molar-refractivity contribution in [3.63, 3.8) is 0 Å². The molecule has 0 atom stereocenters. The van der Waals surface area contributed by atoms with Crippen molar-refractivity contribution in [2.45, 2.75) is 32.7 Å². The molecule has 1 N–H and O–H groups in total. The summed E-state index contributed by atoms with van der Waals surface area (Å²) in [7, 11) is 0. The molecule has 1 aliphatic rings. The van der Waals surface area contributed by atoms with Crippen LogP contribution in [0.4, 0.5) is 0 Å². The normalized spacial score (nSPS) is 17.4. The molecule has 1 aromatic carbocycles. The maximum absolute atomic E-state index is 12.6. The molecule has 0 bridgehead atoms. The van der Waals surface area contributed by atoms with Crippen molar-refractivity contribution < 1.29 is 4.79 Å². The zero-order valence-electron chi connectivity index (χ0n) is 12.2. The number of rotatable bonds is 4. The van der Waals surface area contributed by atoms with Crippen molar-refractivity contribution in [3.8, 4) is 0 Å². The molecule has 0 aromatic heterocycles. The third kappa shape index (κ3) is 3.43. The Kier molecular flexibility index (Phi) is 4.38. The van der Waals surface area contributed by atoms with Gasteiger partial charge in [-0.2, -0.15) is 0 Å². The van der Waals surface area contributed by atoms with E-state index >= 15 is 0 Å². The van der Waals surface area contributed by atoms with E-state index in [-0.39, 0.29) is 5.54 Å². The number of Topliss-reactive ketones (excluding diaryl/α,β-unsaturated/α-hetero) is 1. The molecule has 1 aliphatic heterocycles. The van der Waals surface area contributed by atoms with Gasteiger partial charge < -0.3 is 5.32 Å². The van der Waals surface area contributed by atoms with Gasteiger partial charge in [-0.25, -0.2) is 0 Å². The van der Waals surface area contributed by atoms with Gasteiger partial charge in [0.2, 0.25) is 0 Å². The molecule has 0 aliphatic carbocycles. The largest absolute Gasteiger partial charge is 0.314 e. The van der Waals surface area contributed by atoms with Crippen molar-refractivity contribution in [2.24, 2.45) is 0 Å². The topological polar surface area (TPSA) is 32.3 Å². The summed E-state index contributed by atoms with van der Waals surface area (Å²) in [6.07, 6.45) is 0.525. The second-order valence-corrected chi connectivity index (χ2v) is 5.88. The number of benzene rings is 1. The minimum atomic E-state index is -0.368. The third-order valence-corrected chi connectivity index (χ3v) is 4.08. The van der Waals surface area contributed by atoms with Crippen LogP contribution in [0.15, 0.2) is 24.3 Å². The summed E-state index contributed by atoms with van der Waals surface area (Å²) in [5, 5.41) is 3.33. The molecular formula is C16H24N2O. The Hall–Kier alpha value is -1.19. The smallest absolute Gasteiger partial charge is 0.156 e. The number of hydrogen-bond donors (Lipinski definition) is 1. The second-order valence-electron chi connectivity index (χ2n) is 5.88. The molecule has 3 nitrogen and oxygen atoms in total. The predicted octanol–water partition coefficient (Wildman–Crippen LogP) is 1.79. The molecule has 1 heterocycles. The number of nitrogens with one attached hydrogen (secondary N) is 1. The standard InChI is InChI=1S/C16H24N2O/c1-13-4-6-14(7-5-13)12-15(19)16(2,3)18-10-8-17-9-11-18/h4-7,17H,8-12H2,1-3H3. The van der Waals surface area contributed by atoms with Crippen LogP contribution in [0.25, 0.3) is 0 Å². The monoisotopic (exact) mass is 260 g/mol. The maximum atomic E-state index is 12.6. The van der Waals surface area contributed by atoms with Crippen molar-refractivity contribution in [1.29, 1.82) is 0 Å². The number of carbonyl (C=O) groups is 1. The Balaban J connectivity index is 2.03. The number of hydrogen-bond acceptors (Lipinski definition) is 3. The third-order valence-electron chi connectivity index (χ3n) is 4.08. The van der Waals surface area contributed by atoms with Gasteiger partial charge in [-0.05, 0) is 26.3 Å². The zero-order valence-corrected chi connectivity index (χ0v) is 12.2. The highest BCUT2D eigenvalue weighted by atomic mass is 16.1. The first-order valence-electron chi connectivity index (χ1n) is 7.05. The van der Waals surface area contributed by atoms with Gasteiger partial charge in [0.15, 0.2) is 5.78 Å². The fourth-order valence-corrected chi connectivity index (χ4v) is 2.51. The van der Waals surface area contributed by atoms with Gasteiger partial charge in [-0.1, -0.05) is 29.8 Å². The highest BCUT2D eigenvalue weighted by molar-refractivity contribution is 5.89. The van der Waals surface area contributed by atoms with E-state index in [1.165, 1.54) is 5.56 Å². The number of carbonyl (C=O) groups excluding carboxylic acids is 1. The first kappa shape index (κ1) is 14.2. The van der Waals surface area contributed by atoms with Crippen LogP contribution in [0.3, 0.4) is 0 Å². The van der Waals surface area contributed by atoms with Crippen LogP contribution in [0.2, 0.25) is 0 Å². The molecule has 3 heteroatoms. The zero-order chi connectivity index (χ0) is 13.9. The molecule has 19 heavy (non-hydrogen) atoms. The molecule has 0 spiro atoms. The Bertz CT molecular complexity index is 431. The summed E-state index contributed by atoms with van der Waals surface area (Å²) >= 11 is 0. The minimum Gasteiger partial charge on any atom is -0.314 e. The highest BCUT2D eigenvalue weighted by Gasteiger charge is 2.34. The highest BCUT2D eigenvalue weighted by Crippen LogP contribution is 2.19. The molecule has 104 valence electrons. The molecular weight excluding hydrogens is 236 g/mol. The fraction of sp³-hybridized carbons (Fsp3) is 0.562. The lowest BCUT2D eigenvalue weighted by atomic mass is 9.91. The summed E-state index contributed by atoms with van der Waals surface area (Å²) in [6, 6.07) is 8.25. The van der Waals surface area contributed by atoms with Crippen molar-refractivity contribution in [2.75, 3.05) is 26.2 Å². The van der Waals surface area contributed by atoms with E-state index in [9.17, 15) is 4.79 Å². The number of aryl methyl sites for hydroxylation is 1. The number of ketones is 1. The molecule has 0 saturated carbocycles. The van der Waals surface area contributed by atoms with E-state index in [2.05, 4.69) is 55.3 Å². The molecule has 2 rings (SSSR count). The molecule has 0 unspecified atom stereocenters. The average molecular weight is 260 g/mol. The Morgan fingerprint density at radius 1 is 1.21 bits per heavy atom. The summed E-state index contributed by atoms with van der Waals surface area (Å²) in [4.78, 5) is 14.8. The molecule has 1 aromatic rings. The van der Waals surface area contributed by atoms with Gasteiger partial charge in [-0.3, -0.25) is 9.69 Å². The summed E-state index contributed by atoms with van der Waals surface area (Å²) in [5.41, 5.74) is 1.98. The van der Waals surface area contributed by atoms with Crippen LogP contribution >= 0.6 is 0 Å². The summed E-state index contributed by atoms with van der Waals surface area (Å²) in [6.45, 7) is 10.0. The van der Waals surface area contributed by atoms with Gasteiger partial charge in [0.1, 0.15) is 0 Å². The Labute approximate surface area is 116 Å². The lowest BCUT2D eigenvalue weighted by Gasteiger charge is -2.40. The average Bonchev–Trinajstić information content (AvgIpc) is 2.42. The van der Waals surface area contributed by atoms with Crippen LogP contribution in [0.5, 0.6) is 0 Å². The van der Waals surface area contributed by atoms with Crippen molar-refractivity contribution in [1.82, 2.24) is 10.2 Å². The molecule has 0 radical (unpaired) electrons. The number of piperazine rings is 1. The molecule has 1 saturated heterocycles. The van der Waals surface area contributed by atoms with Gasteiger partial charge in [0, 0.05) is 32.6 Å². The molecule has 1 fully saturated rings. The summed E-state index contributed by atoms with van der Waals surface area (Å²) in [5.74, 6) is 0.304. The van der Waals surface area contributed by atoms with E-state index in [4.69, 9.17) is 0 Å². The van der Waals surface area contributed by atoms with Gasteiger partial charge in [0.25, 0.3) is 0 Å². The predicted molar refractivity (Wildman–Crippen MR) is 78.4 cm³/mol.